The average molecular weight is 329 g/mol. The van der Waals surface area contributed by atoms with Crippen LogP contribution in [0.15, 0.2) is 24.3 Å². The van der Waals surface area contributed by atoms with Crippen molar-refractivity contribution in [3.8, 4) is 0 Å². The van der Waals surface area contributed by atoms with Gasteiger partial charge in [0.05, 0.1) is 5.33 Å². The molecule has 88 valence electrons. The first-order valence-electron chi connectivity index (χ1n) is 3.30. The first-order valence-corrected chi connectivity index (χ1v) is 4.42. The standard InChI is InChI=1S/C7H9BrO.3CO.Fe/c1-2-3-4-5-7(9)6-8;3*1-2;/h2-5H,6H2,1H3;;;;/b3-2+,5-4+;;;;. The van der Waals surface area contributed by atoms with E-state index >= 15 is 0 Å². The largest absolute Gasteiger partial charge is 0 e. The molecule has 0 fully saturated rings. The van der Waals surface area contributed by atoms with Crippen LogP contribution in [0.5, 0.6) is 0 Å². The molecular weight excluding hydrogens is 320 g/mol. The molecule has 0 N–H and O–H groups in total. The van der Waals surface area contributed by atoms with Crippen molar-refractivity contribution in [2.75, 3.05) is 5.33 Å². The Balaban J connectivity index is -0.0000000498. The number of ketones is 1. The normalized spacial score (nSPS) is 6.75. The zero-order valence-corrected chi connectivity index (χ0v) is 11.1. The van der Waals surface area contributed by atoms with E-state index in [0.717, 1.165) is 0 Å². The maximum Gasteiger partial charge on any atom is 0 e. The van der Waals surface area contributed by atoms with E-state index in [2.05, 4.69) is 35.9 Å². The van der Waals surface area contributed by atoms with E-state index in [-0.39, 0.29) is 22.9 Å². The van der Waals surface area contributed by atoms with Crippen LogP contribution in [-0.2, 0) is 35.8 Å². The maximum atomic E-state index is 10.5. The Bertz CT molecular complexity index is 227. The Morgan fingerprint density at radius 1 is 1.12 bits per heavy atom. The van der Waals surface area contributed by atoms with Crippen LogP contribution in [0.3, 0.4) is 0 Å². The molecule has 6 heteroatoms. The van der Waals surface area contributed by atoms with E-state index in [0.29, 0.717) is 5.33 Å². The summed E-state index contributed by atoms with van der Waals surface area (Å²) in [6, 6.07) is 0. The van der Waals surface area contributed by atoms with Gasteiger partial charge in [0, 0.05) is 17.1 Å². The topological polar surface area (TPSA) is 76.8 Å². The van der Waals surface area contributed by atoms with Gasteiger partial charge in [-0.25, -0.2) is 0 Å². The maximum absolute atomic E-state index is 10.5. The minimum atomic E-state index is 0. The molecule has 4 nitrogen and oxygen atoms in total. The van der Waals surface area contributed by atoms with E-state index in [9.17, 15) is 4.79 Å². The van der Waals surface area contributed by atoms with E-state index < -0.39 is 0 Å². The van der Waals surface area contributed by atoms with E-state index in [1.807, 2.05) is 19.1 Å². The second-order valence-corrected chi connectivity index (χ2v) is 2.05. The van der Waals surface area contributed by atoms with Gasteiger partial charge in [-0.2, -0.15) is 0 Å². The second kappa shape index (κ2) is 47.3. The van der Waals surface area contributed by atoms with Gasteiger partial charge in [-0.1, -0.05) is 34.2 Å². The molecule has 0 aliphatic carbocycles. The van der Waals surface area contributed by atoms with Gasteiger partial charge in [0.15, 0.2) is 5.78 Å². The molecule has 0 heterocycles. The fourth-order valence-corrected chi connectivity index (χ4v) is 0.505. The summed E-state index contributed by atoms with van der Waals surface area (Å²) >= 11 is 3.04. The van der Waals surface area contributed by atoms with Gasteiger partial charge >= 0.3 is 33.9 Å². The van der Waals surface area contributed by atoms with Gasteiger partial charge in [0.1, 0.15) is 0 Å². The van der Waals surface area contributed by atoms with Crippen LogP contribution in [0.4, 0.5) is 0 Å². The van der Waals surface area contributed by atoms with Gasteiger partial charge < -0.3 is 0 Å². The van der Waals surface area contributed by atoms with Crippen molar-refractivity contribution < 1.29 is 35.8 Å². The number of carbonyl (C=O) groups is 1. The minimum absolute atomic E-state index is 0. The smallest absolute Gasteiger partial charge is 0 e. The van der Waals surface area contributed by atoms with E-state index in [1.165, 1.54) is 6.08 Å². The average Bonchev–Trinajstić information content (AvgIpc) is 2.36. The number of halogens is 1. The van der Waals surface area contributed by atoms with Gasteiger partial charge in [-0.3, -0.25) is 4.79 Å². The van der Waals surface area contributed by atoms with Crippen LogP contribution in [0.1, 0.15) is 6.92 Å². The quantitative estimate of drug-likeness (QED) is 0.195. The minimum Gasteiger partial charge on any atom is 0 e. The molecule has 0 aliphatic heterocycles. The Kier molecular flexibility index (Phi) is 87.2. The predicted octanol–water partition coefficient (Wildman–Crippen LogP) is 1.97. The van der Waals surface area contributed by atoms with E-state index in [1.54, 1.807) is 6.08 Å². The van der Waals surface area contributed by atoms with Crippen molar-refractivity contribution >= 4 is 21.7 Å². The SMILES string of the molecule is C/C=C/C=C/C(=O)CBr.[C-]#[O+].[C-]#[O+].[C-]#[O+].[Fe]. The molecule has 0 aromatic heterocycles. The number of allylic oxidation sites excluding steroid dienone is 4. The van der Waals surface area contributed by atoms with Gasteiger partial charge in [-0.15, -0.1) is 0 Å². The molecule has 16 heavy (non-hydrogen) atoms. The van der Waals surface area contributed by atoms with Crippen LogP contribution in [0, 0.1) is 20.0 Å². The van der Waals surface area contributed by atoms with Crippen molar-refractivity contribution in [2.45, 2.75) is 6.92 Å². The van der Waals surface area contributed by atoms with Crippen molar-refractivity contribution in [1.82, 2.24) is 0 Å². The molecule has 0 atom stereocenters. The van der Waals surface area contributed by atoms with Crippen LogP contribution in [0.2, 0.25) is 0 Å². The molecule has 0 spiro atoms. The summed E-state index contributed by atoms with van der Waals surface area (Å²) < 4.78 is 22.5. The third-order valence-electron chi connectivity index (χ3n) is 0.717. The predicted molar refractivity (Wildman–Crippen MR) is 54.5 cm³/mol. The summed E-state index contributed by atoms with van der Waals surface area (Å²) in [6.07, 6.45) is 6.96. The summed E-state index contributed by atoms with van der Waals surface area (Å²) in [7, 11) is 0. The van der Waals surface area contributed by atoms with Crippen molar-refractivity contribution in [2.24, 2.45) is 0 Å². The monoisotopic (exact) mass is 328 g/mol. The molecule has 0 aromatic rings. The second-order valence-electron chi connectivity index (χ2n) is 1.48. The fraction of sp³-hybridized carbons (Fsp3) is 0.200. The van der Waals surface area contributed by atoms with Crippen LogP contribution in [-0.4, -0.2) is 11.1 Å². The van der Waals surface area contributed by atoms with Gasteiger partial charge in [0.2, 0.25) is 0 Å². The van der Waals surface area contributed by atoms with Crippen molar-refractivity contribution in [3.05, 3.63) is 44.3 Å². The summed E-state index contributed by atoms with van der Waals surface area (Å²) in [6.45, 7) is 15.4. The molecule has 0 aromatic carbocycles. The molecule has 0 bridgehead atoms. The fourth-order valence-electron chi connectivity index (χ4n) is 0.319. The number of carbonyl (C=O) groups excluding carboxylic acids is 1. The first kappa shape index (κ1) is 29.5. The Labute approximate surface area is 114 Å². The molecule has 0 aliphatic rings. The van der Waals surface area contributed by atoms with Crippen LogP contribution >= 0.6 is 15.9 Å². The van der Waals surface area contributed by atoms with Gasteiger partial charge in [-0.05, 0) is 13.0 Å². The Morgan fingerprint density at radius 3 is 1.75 bits per heavy atom. The summed E-state index contributed by atoms with van der Waals surface area (Å²) in [5.41, 5.74) is 0. The van der Waals surface area contributed by atoms with Gasteiger partial charge in [0.25, 0.3) is 0 Å². The number of hydrogen-bond donors (Lipinski definition) is 0. The molecule has 0 saturated heterocycles. The molecule has 0 unspecified atom stereocenters. The molecule has 0 radical (unpaired) electrons. The van der Waals surface area contributed by atoms with Crippen LogP contribution in [0.25, 0.3) is 0 Å². The Hall–Kier alpha value is -0.631. The zero-order chi connectivity index (χ0) is 13.1. The van der Waals surface area contributed by atoms with E-state index in [4.69, 9.17) is 14.0 Å². The summed E-state index contributed by atoms with van der Waals surface area (Å²) in [4.78, 5) is 10.5. The number of hydrogen-bond acceptors (Lipinski definition) is 1. The van der Waals surface area contributed by atoms with Crippen molar-refractivity contribution in [3.63, 3.8) is 0 Å². The van der Waals surface area contributed by atoms with Crippen LogP contribution < -0.4 is 0 Å². The third-order valence-corrected chi connectivity index (χ3v) is 1.27. The molecule has 0 rings (SSSR count). The molecular formula is C10H9BrFeO4. The Morgan fingerprint density at radius 2 is 1.50 bits per heavy atom. The first-order chi connectivity index (χ1) is 7.31. The third kappa shape index (κ3) is 50.4. The van der Waals surface area contributed by atoms with Crippen molar-refractivity contribution in [1.29, 1.82) is 0 Å². The number of alkyl halides is 1. The summed E-state index contributed by atoms with van der Waals surface area (Å²) in [5, 5.41) is 0.404. The molecule has 0 saturated carbocycles. The number of rotatable bonds is 3. The summed E-state index contributed by atoms with van der Waals surface area (Å²) in [5.74, 6) is 0.0908. The zero-order valence-electron chi connectivity index (χ0n) is 8.38. The molecule has 0 amide bonds.